The van der Waals surface area contributed by atoms with E-state index in [1.165, 1.54) is 6.26 Å². The summed E-state index contributed by atoms with van der Waals surface area (Å²) in [6.07, 6.45) is 2.20. The highest BCUT2D eigenvalue weighted by molar-refractivity contribution is 7.90. The third-order valence-electron chi connectivity index (χ3n) is 2.90. The molecule has 2 N–H and O–H groups in total. The van der Waals surface area contributed by atoms with Crippen molar-refractivity contribution in [2.75, 3.05) is 35.7 Å². The lowest BCUT2D eigenvalue weighted by Gasteiger charge is -2.11. The fourth-order valence-corrected chi connectivity index (χ4v) is 2.35. The quantitative estimate of drug-likeness (QED) is 0.813. The number of nitrogens with one attached hydrogen (secondary N) is 2. The van der Waals surface area contributed by atoms with Gasteiger partial charge in [-0.25, -0.2) is 13.4 Å². The van der Waals surface area contributed by atoms with E-state index in [9.17, 15) is 8.42 Å². The summed E-state index contributed by atoms with van der Waals surface area (Å²) < 4.78 is 22.4. The highest BCUT2D eigenvalue weighted by atomic mass is 32.2. The van der Waals surface area contributed by atoms with Crippen LogP contribution in [-0.4, -0.2) is 43.5 Å². The second kappa shape index (κ2) is 6.71. The molecule has 1 aromatic carbocycles. The second-order valence-electron chi connectivity index (χ2n) is 4.90. The van der Waals surface area contributed by atoms with Crippen LogP contribution in [0.1, 0.15) is 13.3 Å². The van der Waals surface area contributed by atoms with Gasteiger partial charge in [-0.3, -0.25) is 0 Å². The zero-order chi connectivity index (χ0) is 15.3. The molecule has 0 unspecified atom stereocenters. The van der Waals surface area contributed by atoms with Crippen LogP contribution in [0.4, 0.5) is 11.8 Å². The molecule has 0 saturated carbocycles. The number of para-hydroxylation sites is 1. The average Bonchev–Trinajstić information content (AvgIpc) is 2.43. The molecule has 0 aliphatic rings. The standard InChI is InChI=1S/C14H20N4O2S/c1-3-8-16-14-17-12-7-5-4-6-11(12)13(18-14)15-9-10-21(2,19)20/h4-7H,3,8-10H2,1-2H3,(H2,15,16,17,18). The van der Waals surface area contributed by atoms with Crippen molar-refractivity contribution in [2.24, 2.45) is 0 Å². The van der Waals surface area contributed by atoms with E-state index in [0.29, 0.717) is 18.3 Å². The first-order valence-electron chi connectivity index (χ1n) is 6.92. The molecular weight excluding hydrogens is 288 g/mol. The minimum Gasteiger partial charge on any atom is -0.368 e. The lowest BCUT2D eigenvalue weighted by atomic mass is 10.2. The molecule has 0 atom stereocenters. The molecule has 1 heterocycles. The Balaban J connectivity index is 2.26. The van der Waals surface area contributed by atoms with E-state index >= 15 is 0 Å². The summed E-state index contributed by atoms with van der Waals surface area (Å²) in [5.74, 6) is 1.28. The van der Waals surface area contributed by atoms with Crippen molar-refractivity contribution in [3.63, 3.8) is 0 Å². The molecule has 0 amide bonds. The SMILES string of the molecule is CCCNc1nc(NCCS(C)(=O)=O)c2ccccc2n1. The number of benzene rings is 1. The molecule has 0 radical (unpaired) electrons. The fourth-order valence-electron chi connectivity index (χ4n) is 1.88. The predicted molar refractivity (Wildman–Crippen MR) is 86.5 cm³/mol. The maximum Gasteiger partial charge on any atom is 0.225 e. The van der Waals surface area contributed by atoms with Crippen LogP contribution in [0.2, 0.25) is 0 Å². The van der Waals surface area contributed by atoms with Crippen LogP contribution in [0.3, 0.4) is 0 Å². The maximum absolute atomic E-state index is 11.2. The molecule has 7 heteroatoms. The molecule has 1 aromatic heterocycles. The molecule has 6 nitrogen and oxygen atoms in total. The Morgan fingerprint density at radius 3 is 2.57 bits per heavy atom. The van der Waals surface area contributed by atoms with Crippen LogP contribution >= 0.6 is 0 Å². The monoisotopic (exact) mass is 308 g/mol. The van der Waals surface area contributed by atoms with Crippen molar-refractivity contribution in [1.82, 2.24) is 9.97 Å². The van der Waals surface area contributed by atoms with Crippen molar-refractivity contribution in [1.29, 1.82) is 0 Å². The molecule has 21 heavy (non-hydrogen) atoms. The number of anilines is 2. The number of sulfone groups is 1. The Bertz CT molecular complexity index is 716. The van der Waals surface area contributed by atoms with Crippen molar-refractivity contribution < 1.29 is 8.42 Å². The smallest absolute Gasteiger partial charge is 0.225 e. The summed E-state index contributed by atoms with van der Waals surface area (Å²) in [4.78, 5) is 8.88. The van der Waals surface area contributed by atoms with Gasteiger partial charge < -0.3 is 10.6 Å². The average molecular weight is 308 g/mol. The van der Waals surface area contributed by atoms with Crippen LogP contribution in [-0.2, 0) is 9.84 Å². The van der Waals surface area contributed by atoms with Crippen LogP contribution in [0, 0.1) is 0 Å². The summed E-state index contributed by atoms with van der Waals surface area (Å²) >= 11 is 0. The van der Waals surface area contributed by atoms with Crippen molar-refractivity contribution in [2.45, 2.75) is 13.3 Å². The van der Waals surface area contributed by atoms with E-state index in [1.807, 2.05) is 24.3 Å². The van der Waals surface area contributed by atoms with E-state index < -0.39 is 9.84 Å². The predicted octanol–water partition coefficient (Wildman–Crippen LogP) is 1.91. The topological polar surface area (TPSA) is 84.0 Å². The van der Waals surface area contributed by atoms with Gasteiger partial charge in [0.25, 0.3) is 0 Å². The molecule has 0 aliphatic heterocycles. The number of rotatable bonds is 7. The van der Waals surface area contributed by atoms with E-state index in [2.05, 4.69) is 27.5 Å². The fraction of sp³-hybridized carbons (Fsp3) is 0.429. The Kier molecular flexibility index (Phi) is 4.95. The van der Waals surface area contributed by atoms with Crippen LogP contribution < -0.4 is 10.6 Å². The van der Waals surface area contributed by atoms with Gasteiger partial charge in [0.2, 0.25) is 5.95 Å². The number of aromatic nitrogens is 2. The Labute approximate surface area is 124 Å². The minimum atomic E-state index is -2.99. The van der Waals surface area contributed by atoms with Crippen LogP contribution in [0.15, 0.2) is 24.3 Å². The van der Waals surface area contributed by atoms with Gasteiger partial charge in [-0.2, -0.15) is 4.98 Å². The molecule has 114 valence electrons. The number of nitrogens with zero attached hydrogens (tertiary/aromatic N) is 2. The summed E-state index contributed by atoms with van der Waals surface area (Å²) in [6.45, 7) is 3.19. The van der Waals surface area contributed by atoms with E-state index in [1.54, 1.807) is 0 Å². The largest absolute Gasteiger partial charge is 0.368 e. The van der Waals surface area contributed by atoms with Gasteiger partial charge in [0, 0.05) is 24.7 Å². The van der Waals surface area contributed by atoms with E-state index in [4.69, 9.17) is 0 Å². The summed E-state index contributed by atoms with van der Waals surface area (Å²) in [5, 5.41) is 7.13. The van der Waals surface area contributed by atoms with Crippen LogP contribution in [0.5, 0.6) is 0 Å². The van der Waals surface area contributed by atoms with Gasteiger partial charge in [-0.15, -0.1) is 0 Å². The third-order valence-corrected chi connectivity index (χ3v) is 3.85. The Morgan fingerprint density at radius 1 is 1.10 bits per heavy atom. The number of hydrogen-bond acceptors (Lipinski definition) is 6. The van der Waals surface area contributed by atoms with Gasteiger partial charge in [0.15, 0.2) is 0 Å². The van der Waals surface area contributed by atoms with Crippen LogP contribution in [0.25, 0.3) is 10.9 Å². The molecule has 0 fully saturated rings. The first-order valence-corrected chi connectivity index (χ1v) is 8.98. The molecule has 0 saturated heterocycles. The van der Waals surface area contributed by atoms with Gasteiger partial charge in [0.1, 0.15) is 15.7 Å². The molecule has 2 rings (SSSR count). The van der Waals surface area contributed by atoms with Gasteiger partial charge in [0.05, 0.1) is 11.3 Å². The molecule has 2 aromatic rings. The zero-order valence-electron chi connectivity index (χ0n) is 12.3. The van der Waals surface area contributed by atoms with Gasteiger partial charge >= 0.3 is 0 Å². The van der Waals surface area contributed by atoms with Crippen molar-refractivity contribution >= 4 is 32.5 Å². The molecular formula is C14H20N4O2S. The minimum absolute atomic E-state index is 0.0725. The highest BCUT2D eigenvalue weighted by Gasteiger charge is 2.08. The summed E-state index contributed by atoms with van der Waals surface area (Å²) in [5.41, 5.74) is 0.827. The molecule has 0 bridgehead atoms. The second-order valence-corrected chi connectivity index (χ2v) is 7.16. The van der Waals surface area contributed by atoms with Gasteiger partial charge in [-0.05, 0) is 18.6 Å². The normalized spacial score (nSPS) is 11.5. The van der Waals surface area contributed by atoms with E-state index in [0.717, 1.165) is 23.9 Å². The Morgan fingerprint density at radius 2 is 1.86 bits per heavy atom. The van der Waals surface area contributed by atoms with Crippen molar-refractivity contribution in [3.05, 3.63) is 24.3 Å². The molecule has 0 spiro atoms. The van der Waals surface area contributed by atoms with E-state index in [-0.39, 0.29) is 5.75 Å². The molecule has 0 aliphatic carbocycles. The summed E-state index contributed by atoms with van der Waals surface area (Å²) in [6, 6.07) is 7.66. The number of hydrogen-bond donors (Lipinski definition) is 2. The zero-order valence-corrected chi connectivity index (χ0v) is 13.1. The lowest BCUT2D eigenvalue weighted by molar-refractivity contribution is 0.602. The van der Waals surface area contributed by atoms with Gasteiger partial charge in [-0.1, -0.05) is 19.1 Å². The number of fused-ring (bicyclic) bond motifs is 1. The first-order chi connectivity index (χ1) is 9.99. The highest BCUT2D eigenvalue weighted by Crippen LogP contribution is 2.21. The Hall–Kier alpha value is -1.89. The first kappa shape index (κ1) is 15.5. The van der Waals surface area contributed by atoms with Crippen molar-refractivity contribution in [3.8, 4) is 0 Å². The lowest BCUT2D eigenvalue weighted by Crippen LogP contribution is -2.16. The summed E-state index contributed by atoms with van der Waals surface area (Å²) in [7, 11) is -2.99. The third kappa shape index (κ3) is 4.56. The maximum atomic E-state index is 11.2.